The molecule has 0 spiro atoms. The van der Waals surface area contributed by atoms with Crippen molar-refractivity contribution in [3.05, 3.63) is 54.0 Å². The van der Waals surface area contributed by atoms with Gasteiger partial charge in [0.15, 0.2) is 4.32 Å². The summed E-state index contributed by atoms with van der Waals surface area (Å²) in [6.07, 6.45) is 1.86. The summed E-state index contributed by atoms with van der Waals surface area (Å²) in [4.78, 5) is 17.2. The molecule has 27 heavy (non-hydrogen) atoms. The van der Waals surface area contributed by atoms with Gasteiger partial charge in [0.2, 0.25) is 0 Å². The largest absolute Gasteiger partial charge is 0.495 e. The first-order chi connectivity index (χ1) is 12.8. The van der Waals surface area contributed by atoms with Crippen LogP contribution < -0.4 is 14.5 Å². The lowest BCUT2D eigenvalue weighted by Crippen LogP contribution is -2.27. The van der Waals surface area contributed by atoms with Crippen molar-refractivity contribution in [1.29, 1.82) is 0 Å². The number of halogens is 2. The minimum Gasteiger partial charge on any atom is -0.495 e. The third-order valence-corrected chi connectivity index (χ3v) is 6.67. The van der Waals surface area contributed by atoms with Crippen LogP contribution in [0.1, 0.15) is 5.56 Å². The number of amides is 1. The monoisotopic (exact) mass is 622 g/mol. The molecule has 0 aliphatic carbocycles. The van der Waals surface area contributed by atoms with Gasteiger partial charge in [-0.25, -0.2) is 0 Å². The van der Waals surface area contributed by atoms with E-state index in [0.29, 0.717) is 9.23 Å². The van der Waals surface area contributed by atoms with E-state index in [2.05, 4.69) is 45.2 Å². The normalized spacial score (nSPS) is 15.6. The number of thiocarbonyl (C=S) groups is 1. The molecule has 0 N–H and O–H groups in total. The first-order valence-corrected chi connectivity index (χ1v) is 11.3. The van der Waals surface area contributed by atoms with Gasteiger partial charge >= 0.3 is 0 Å². The lowest BCUT2D eigenvalue weighted by atomic mass is 10.2. The summed E-state index contributed by atoms with van der Waals surface area (Å²) >= 11 is 11.3. The highest BCUT2D eigenvalue weighted by Crippen LogP contribution is 2.38. The van der Waals surface area contributed by atoms with Gasteiger partial charge in [-0.05, 0) is 87.7 Å². The molecule has 0 atom stereocenters. The zero-order chi connectivity index (χ0) is 19.7. The molecule has 0 unspecified atom stereocenters. The molecule has 0 bridgehead atoms. The highest BCUT2D eigenvalue weighted by atomic mass is 127. The molecule has 4 nitrogen and oxygen atoms in total. The fraction of sp³-hybridized carbons (Fsp3) is 0.158. The summed E-state index contributed by atoms with van der Waals surface area (Å²) in [5.74, 6) is 0.648. The number of benzene rings is 2. The maximum absolute atomic E-state index is 13.0. The van der Waals surface area contributed by atoms with E-state index in [1.807, 2.05) is 61.5 Å². The molecule has 8 heteroatoms. The number of carbonyl (C=O) groups is 1. The maximum Gasteiger partial charge on any atom is 0.270 e. The average molecular weight is 622 g/mol. The Balaban J connectivity index is 1.96. The average Bonchev–Trinajstić information content (AvgIpc) is 2.88. The predicted octanol–water partition coefficient (Wildman–Crippen LogP) is 5.38. The Kier molecular flexibility index (Phi) is 6.70. The number of ether oxygens (including phenoxy) is 1. The highest BCUT2D eigenvalue weighted by Gasteiger charge is 2.33. The number of hydrogen-bond acceptors (Lipinski definition) is 5. The van der Waals surface area contributed by atoms with E-state index in [1.54, 1.807) is 12.0 Å². The van der Waals surface area contributed by atoms with Crippen LogP contribution in [-0.4, -0.2) is 31.4 Å². The van der Waals surface area contributed by atoms with E-state index in [-0.39, 0.29) is 5.91 Å². The molecule has 0 saturated carbocycles. The smallest absolute Gasteiger partial charge is 0.270 e. The van der Waals surface area contributed by atoms with E-state index in [4.69, 9.17) is 17.0 Å². The van der Waals surface area contributed by atoms with Gasteiger partial charge in [0.1, 0.15) is 5.75 Å². The van der Waals surface area contributed by atoms with Crippen molar-refractivity contribution in [2.45, 2.75) is 0 Å². The predicted molar refractivity (Wildman–Crippen MR) is 135 cm³/mol. The van der Waals surface area contributed by atoms with Crippen molar-refractivity contribution in [2.75, 3.05) is 31.0 Å². The lowest BCUT2D eigenvalue weighted by molar-refractivity contribution is -0.113. The number of nitrogens with zero attached hydrogens (tertiary/aromatic N) is 2. The van der Waals surface area contributed by atoms with Crippen LogP contribution in [0.5, 0.6) is 5.75 Å². The van der Waals surface area contributed by atoms with E-state index < -0.39 is 0 Å². The molecule has 1 amide bonds. The molecular weight excluding hydrogens is 606 g/mol. The molecule has 1 fully saturated rings. The van der Waals surface area contributed by atoms with Crippen LogP contribution in [0, 0.1) is 7.14 Å². The van der Waals surface area contributed by atoms with E-state index in [1.165, 1.54) is 11.8 Å². The van der Waals surface area contributed by atoms with Crippen molar-refractivity contribution in [2.24, 2.45) is 0 Å². The zero-order valence-electron chi connectivity index (χ0n) is 14.8. The fourth-order valence-corrected chi connectivity index (χ4v) is 6.03. The Morgan fingerprint density at radius 2 is 1.85 bits per heavy atom. The van der Waals surface area contributed by atoms with E-state index >= 15 is 0 Å². The second-order valence-electron chi connectivity index (χ2n) is 5.94. The summed E-state index contributed by atoms with van der Waals surface area (Å²) < 4.78 is 8.14. The fourth-order valence-electron chi connectivity index (χ4n) is 2.63. The van der Waals surface area contributed by atoms with Crippen LogP contribution in [0.25, 0.3) is 6.08 Å². The number of hydrogen-bond donors (Lipinski definition) is 0. The zero-order valence-corrected chi connectivity index (χ0v) is 20.8. The summed E-state index contributed by atoms with van der Waals surface area (Å²) in [5, 5.41) is 0. The van der Waals surface area contributed by atoms with Crippen LogP contribution in [0.15, 0.2) is 41.3 Å². The van der Waals surface area contributed by atoms with Gasteiger partial charge in [0.05, 0.1) is 21.3 Å². The van der Waals surface area contributed by atoms with Crippen molar-refractivity contribution < 1.29 is 9.53 Å². The van der Waals surface area contributed by atoms with Gasteiger partial charge < -0.3 is 9.64 Å². The SMILES string of the molecule is COc1c(I)cc(I)cc1/C=C1/SC(=S)N(c2ccc(N(C)C)cc2)C1=O. The van der Waals surface area contributed by atoms with Gasteiger partial charge in [-0.3, -0.25) is 9.69 Å². The Labute approximate surface area is 195 Å². The van der Waals surface area contributed by atoms with E-state index in [0.717, 1.165) is 29.8 Å². The number of anilines is 2. The number of thioether (sulfide) groups is 1. The molecule has 1 heterocycles. The van der Waals surface area contributed by atoms with E-state index in [9.17, 15) is 4.79 Å². The van der Waals surface area contributed by atoms with Gasteiger partial charge in [0.25, 0.3) is 5.91 Å². The van der Waals surface area contributed by atoms with Crippen molar-refractivity contribution >= 4 is 96.8 Å². The topological polar surface area (TPSA) is 32.8 Å². The molecule has 3 rings (SSSR count). The Bertz CT molecular complexity index is 943. The molecule has 140 valence electrons. The molecule has 1 aliphatic heterocycles. The summed E-state index contributed by atoms with van der Waals surface area (Å²) in [6, 6.07) is 11.8. The van der Waals surface area contributed by atoms with Crippen LogP contribution in [-0.2, 0) is 4.79 Å². The number of rotatable bonds is 4. The Hall–Kier alpha value is -0.850. The van der Waals surface area contributed by atoms with Gasteiger partial charge in [0, 0.05) is 28.9 Å². The molecule has 1 aliphatic rings. The Morgan fingerprint density at radius 1 is 1.19 bits per heavy atom. The van der Waals surface area contributed by atoms with Crippen molar-refractivity contribution in [3.63, 3.8) is 0 Å². The third kappa shape index (κ3) is 4.43. The quantitative estimate of drug-likeness (QED) is 0.260. The third-order valence-electron chi connectivity index (χ3n) is 3.95. The van der Waals surface area contributed by atoms with Crippen LogP contribution in [0.2, 0.25) is 0 Å². The molecule has 0 aromatic heterocycles. The number of methoxy groups -OCH3 is 1. The summed E-state index contributed by atoms with van der Waals surface area (Å²) in [6.45, 7) is 0. The maximum atomic E-state index is 13.0. The van der Waals surface area contributed by atoms with Crippen LogP contribution in [0.3, 0.4) is 0 Å². The lowest BCUT2D eigenvalue weighted by Gasteiger charge is -2.17. The number of carbonyl (C=O) groups excluding carboxylic acids is 1. The molecule has 2 aromatic rings. The van der Waals surface area contributed by atoms with Crippen molar-refractivity contribution in [1.82, 2.24) is 0 Å². The van der Waals surface area contributed by atoms with Gasteiger partial charge in [-0.1, -0.05) is 24.0 Å². The molecule has 0 radical (unpaired) electrons. The first kappa shape index (κ1) is 20.9. The highest BCUT2D eigenvalue weighted by molar-refractivity contribution is 14.1. The Morgan fingerprint density at radius 3 is 2.44 bits per heavy atom. The summed E-state index contributed by atoms with van der Waals surface area (Å²) in [5.41, 5.74) is 2.71. The van der Waals surface area contributed by atoms with Gasteiger partial charge in [-0.15, -0.1) is 0 Å². The second-order valence-corrected chi connectivity index (χ2v) is 10.0. The standard InChI is InChI=1S/C19H16I2N2O2S2/c1-22(2)13-4-6-14(7-5-13)23-18(24)16(27-19(23)26)9-11-8-12(20)10-15(21)17(11)25-3/h4-10H,1-3H3/b16-9+. The van der Waals surface area contributed by atoms with Gasteiger partial charge in [-0.2, -0.15) is 0 Å². The molecule has 1 saturated heterocycles. The van der Waals surface area contributed by atoms with Crippen LogP contribution >= 0.6 is 69.2 Å². The summed E-state index contributed by atoms with van der Waals surface area (Å²) in [7, 11) is 5.60. The second kappa shape index (κ2) is 8.66. The first-order valence-electron chi connectivity index (χ1n) is 7.90. The minimum absolute atomic E-state index is 0.112. The minimum atomic E-state index is -0.112. The molecular formula is C19H16I2N2O2S2. The van der Waals surface area contributed by atoms with Crippen LogP contribution in [0.4, 0.5) is 11.4 Å². The van der Waals surface area contributed by atoms with Crippen molar-refractivity contribution in [3.8, 4) is 5.75 Å². The molecule has 2 aromatic carbocycles.